The fourth-order valence-electron chi connectivity index (χ4n) is 1.48. The van der Waals surface area contributed by atoms with Crippen LogP contribution in [-0.2, 0) is 19.0 Å². The van der Waals surface area contributed by atoms with Gasteiger partial charge in [-0.3, -0.25) is 0 Å². The normalized spacial score (nSPS) is 11.1. The van der Waals surface area contributed by atoms with E-state index in [0.717, 1.165) is 0 Å². The molecule has 0 N–H and O–H groups in total. The Kier molecular flexibility index (Phi) is 7.70. The molecule has 0 radical (unpaired) electrons. The van der Waals surface area contributed by atoms with E-state index < -0.39 is 11.6 Å². The third-order valence-corrected chi connectivity index (χ3v) is 2.32. The second-order valence-corrected chi connectivity index (χ2v) is 5.51. The van der Waals surface area contributed by atoms with E-state index in [-0.39, 0.29) is 13.4 Å². The van der Waals surface area contributed by atoms with Crippen LogP contribution in [0.15, 0.2) is 24.3 Å². The molecule has 0 spiro atoms. The highest BCUT2D eigenvalue weighted by Crippen LogP contribution is 2.19. The van der Waals surface area contributed by atoms with Crippen LogP contribution in [0.25, 0.3) is 0 Å². The molecule has 0 saturated carbocycles. The highest BCUT2D eigenvalue weighted by Gasteiger charge is 2.16. The van der Waals surface area contributed by atoms with Crippen molar-refractivity contribution in [1.82, 2.24) is 0 Å². The van der Waals surface area contributed by atoms with Gasteiger partial charge in [-0.15, -0.1) is 0 Å². The molecular formula is C16H24O6. The average molecular weight is 312 g/mol. The third-order valence-electron chi connectivity index (χ3n) is 2.32. The Balaban J connectivity index is 2.36. The van der Waals surface area contributed by atoms with Crippen molar-refractivity contribution < 1.29 is 28.5 Å². The minimum atomic E-state index is -0.523. The second kappa shape index (κ2) is 9.27. The summed E-state index contributed by atoms with van der Waals surface area (Å²) in [4.78, 5) is 11.6. The number of esters is 1. The Morgan fingerprint density at radius 2 is 1.77 bits per heavy atom. The van der Waals surface area contributed by atoms with Crippen LogP contribution in [0.4, 0.5) is 0 Å². The topological polar surface area (TPSA) is 63.2 Å². The number of rotatable bonds is 9. The summed E-state index contributed by atoms with van der Waals surface area (Å²) in [6.07, 6.45) is 0. The fourth-order valence-corrected chi connectivity index (χ4v) is 1.48. The van der Waals surface area contributed by atoms with Gasteiger partial charge in [-0.1, -0.05) is 6.07 Å². The number of ether oxygens (including phenoxy) is 5. The van der Waals surface area contributed by atoms with Crippen LogP contribution in [0.5, 0.6) is 11.5 Å². The molecule has 0 aliphatic heterocycles. The summed E-state index contributed by atoms with van der Waals surface area (Å²) in [6, 6.07) is 6.97. The maximum absolute atomic E-state index is 11.6. The molecule has 6 nitrogen and oxygen atoms in total. The van der Waals surface area contributed by atoms with Crippen LogP contribution in [0.2, 0.25) is 0 Å². The molecule has 0 aliphatic carbocycles. The molecule has 0 atom stereocenters. The lowest BCUT2D eigenvalue weighted by Gasteiger charge is -2.19. The summed E-state index contributed by atoms with van der Waals surface area (Å²) in [5.74, 6) is 0.709. The zero-order valence-electron chi connectivity index (χ0n) is 13.6. The molecule has 0 unspecified atom stereocenters. The van der Waals surface area contributed by atoms with Crippen molar-refractivity contribution in [3.8, 4) is 11.5 Å². The zero-order chi connectivity index (χ0) is 16.4. The Morgan fingerprint density at radius 1 is 1.09 bits per heavy atom. The summed E-state index contributed by atoms with van der Waals surface area (Å²) < 4.78 is 26.0. The minimum absolute atomic E-state index is 0.124. The molecule has 0 saturated heterocycles. The molecule has 1 aromatic rings. The van der Waals surface area contributed by atoms with E-state index in [2.05, 4.69) is 0 Å². The van der Waals surface area contributed by atoms with Gasteiger partial charge in [0.25, 0.3) is 0 Å². The van der Waals surface area contributed by atoms with Gasteiger partial charge in [-0.25, -0.2) is 4.79 Å². The van der Waals surface area contributed by atoms with E-state index in [1.54, 1.807) is 31.4 Å². The molecule has 0 amide bonds. The number of benzene rings is 1. The highest BCUT2D eigenvalue weighted by atomic mass is 16.7. The van der Waals surface area contributed by atoms with Crippen LogP contribution >= 0.6 is 0 Å². The van der Waals surface area contributed by atoms with Crippen molar-refractivity contribution in [3.63, 3.8) is 0 Å². The van der Waals surface area contributed by atoms with Crippen molar-refractivity contribution in [2.45, 2.75) is 26.4 Å². The summed E-state index contributed by atoms with van der Waals surface area (Å²) in [5, 5.41) is 0. The monoisotopic (exact) mass is 312 g/mol. The van der Waals surface area contributed by atoms with Gasteiger partial charge >= 0.3 is 5.97 Å². The Hall–Kier alpha value is -1.79. The third kappa shape index (κ3) is 8.49. The van der Waals surface area contributed by atoms with Gasteiger partial charge in [0.2, 0.25) is 0 Å². The number of hydrogen-bond acceptors (Lipinski definition) is 6. The predicted octanol–water partition coefficient (Wildman–Crippen LogP) is 2.41. The molecule has 1 rings (SSSR count). The van der Waals surface area contributed by atoms with E-state index in [4.69, 9.17) is 23.7 Å². The molecule has 0 aromatic heterocycles. The number of methoxy groups -OCH3 is 1. The van der Waals surface area contributed by atoms with Crippen LogP contribution in [0, 0.1) is 0 Å². The van der Waals surface area contributed by atoms with E-state index in [0.29, 0.717) is 24.7 Å². The molecule has 6 heteroatoms. The first-order valence-electron chi connectivity index (χ1n) is 7.05. The van der Waals surface area contributed by atoms with Crippen molar-refractivity contribution in [2.24, 2.45) is 0 Å². The SMILES string of the molecule is COCCOCOc1cccc(OCC(=O)OC(C)(C)C)c1. The molecule has 124 valence electrons. The molecule has 22 heavy (non-hydrogen) atoms. The van der Waals surface area contributed by atoms with Crippen molar-refractivity contribution in [1.29, 1.82) is 0 Å². The summed E-state index contributed by atoms with van der Waals surface area (Å²) in [7, 11) is 1.61. The molecular weight excluding hydrogens is 288 g/mol. The van der Waals surface area contributed by atoms with Crippen molar-refractivity contribution in [3.05, 3.63) is 24.3 Å². The standard InChI is InChI=1S/C16H24O6/c1-16(2,3)22-15(17)11-20-13-6-5-7-14(10-13)21-12-19-9-8-18-4/h5-7,10H,8-9,11-12H2,1-4H3. The van der Waals surface area contributed by atoms with Gasteiger partial charge in [0.1, 0.15) is 17.1 Å². The van der Waals surface area contributed by atoms with E-state index in [1.165, 1.54) is 0 Å². The van der Waals surface area contributed by atoms with Crippen molar-refractivity contribution in [2.75, 3.05) is 33.7 Å². The van der Waals surface area contributed by atoms with E-state index in [1.807, 2.05) is 20.8 Å². The number of hydrogen-bond donors (Lipinski definition) is 0. The first-order chi connectivity index (χ1) is 10.4. The maximum Gasteiger partial charge on any atom is 0.344 e. The Morgan fingerprint density at radius 3 is 2.41 bits per heavy atom. The molecule has 0 bridgehead atoms. The van der Waals surface area contributed by atoms with Gasteiger partial charge < -0.3 is 23.7 Å². The van der Waals surface area contributed by atoms with Gasteiger partial charge in [0, 0.05) is 13.2 Å². The lowest BCUT2D eigenvalue weighted by molar-refractivity contribution is -0.157. The molecule has 1 aromatic carbocycles. The maximum atomic E-state index is 11.6. The Bertz CT molecular complexity index is 452. The van der Waals surface area contributed by atoms with Gasteiger partial charge in [-0.05, 0) is 32.9 Å². The molecule has 0 fully saturated rings. The average Bonchev–Trinajstić information content (AvgIpc) is 2.44. The largest absolute Gasteiger partial charge is 0.482 e. The smallest absolute Gasteiger partial charge is 0.344 e. The lowest BCUT2D eigenvalue weighted by atomic mass is 10.2. The first-order valence-corrected chi connectivity index (χ1v) is 7.05. The number of carbonyl (C=O) groups is 1. The molecule has 0 heterocycles. The molecule has 0 aliphatic rings. The van der Waals surface area contributed by atoms with Crippen LogP contribution in [-0.4, -0.2) is 45.3 Å². The van der Waals surface area contributed by atoms with E-state index in [9.17, 15) is 4.79 Å². The Labute approximate surface area is 131 Å². The zero-order valence-corrected chi connectivity index (χ0v) is 13.6. The highest BCUT2D eigenvalue weighted by molar-refractivity contribution is 5.71. The van der Waals surface area contributed by atoms with Crippen LogP contribution in [0.3, 0.4) is 0 Å². The van der Waals surface area contributed by atoms with Gasteiger partial charge in [0.05, 0.1) is 13.2 Å². The van der Waals surface area contributed by atoms with Gasteiger partial charge in [0.15, 0.2) is 13.4 Å². The van der Waals surface area contributed by atoms with Crippen LogP contribution in [0.1, 0.15) is 20.8 Å². The van der Waals surface area contributed by atoms with Crippen molar-refractivity contribution >= 4 is 5.97 Å². The summed E-state index contributed by atoms with van der Waals surface area (Å²) in [6.45, 7) is 6.38. The van der Waals surface area contributed by atoms with E-state index >= 15 is 0 Å². The second-order valence-electron chi connectivity index (χ2n) is 5.51. The number of carbonyl (C=O) groups excluding carboxylic acids is 1. The van der Waals surface area contributed by atoms with Crippen LogP contribution < -0.4 is 9.47 Å². The quantitative estimate of drug-likeness (QED) is 0.396. The summed E-state index contributed by atoms with van der Waals surface area (Å²) >= 11 is 0. The minimum Gasteiger partial charge on any atom is -0.482 e. The fraction of sp³-hybridized carbons (Fsp3) is 0.562. The lowest BCUT2D eigenvalue weighted by Crippen LogP contribution is -2.27. The van der Waals surface area contributed by atoms with Gasteiger partial charge in [-0.2, -0.15) is 0 Å². The predicted molar refractivity (Wildman–Crippen MR) is 81.1 cm³/mol. The summed E-state index contributed by atoms with van der Waals surface area (Å²) in [5.41, 5.74) is -0.523. The first kappa shape index (κ1) is 18.3.